The van der Waals surface area contributed by atoms with E-state index in [2.05, 4.69) is 4.74 Å². The van der Waals surface area contributed by atoms with E-state index >= 15 is 0 Å². The van der Waals surface area contributed by atoms with E-state index in [0.717, 1.165) is 6.42 Å². The molecule has 0 aliphatic carbocycles. The van der Waals surface area contributed by atoms with Gasteiger partial charge in [-0.15, -0.1) is 0 Å². The van der Waals surface area contributed by atoms with Crippen LogP contribution in [0, 0.1) is 5.92 Å². The van der Waals surface area contributed by atoms with E-state index in [1.807, 2.05) is 13.8 Å². The van der Waals surface area contributed by atoms with E-state index in [4.69, 9.17) is 11.6 Å². The molecule has 0 aromatic rings. The van der Waals surface area contributed by atoms with Crippen LogP contribution in [0.1, 0.15) is 20.3 Å². The van der Waals surface area contributed by atoms with E-state index in [1.165, 1.54) is 0 Å². The second kappa shape index (κ2) is 4.62. The highest BCUT2D eigenvalue weighted by Crippen LogP contribution is 2.02. The maximum Gasteiger partial charge on any atom is 0.309 e. The summed E-state index contributed by atoms with van der Waals surface area (Å²) in [5.74, 6) is -0.240. The SMILES string of the molecule is CC[C@@H](C)C(=O)OCCl. The summed E-state index contributed by atoms with van der Waals surface area (Å²) in [6, 6.07) is -0.0385. The van der Waals surface area contributed by atoms with Crippen LogP contribution in [0.5, 0.6) is 0 Å². The van der Waals surface area contributed by atoms with Crippen molar-refractivity contribution in [3.05, 3.63) is 0 Å². The highest BCUT2D eigenvalue weighted by molar-refractivity contribution is 6.17. The van der Waals surface area contributed by atoms with Gasteiger partial charge in [0, 0.05) is 0 Å². The first-order valence-electron chi connectivity index (χ1n) is 2.95. The molecule has 2 nitrogen and oxygen atoms in total. The van der Waals surface area contributed by atoms with Gasteiger partial charge in [0.05, 0.1) is 5.92 Å². The third-order valence-corrected chi connectivity index (χ3v) is 1.32. The van der Waals surface area contributed by atoms with Crippen LogP contribution in [0.3, 0.4) is 0 Å². The molecule has 0 aromatic carbocycles. The van der Waals surface area contributed by atoms with Gasteiger partial charge in [0.2, 0.25) is 0 Å². The average molecular weight is 151 g/mol. The summed E-state index contributed by atoms with van der Waals surface area (Å²) in [6.07, 6.45) is 0.801. The van der Waals surface area contributed by atoms with E-state index in [1.54, 1.807) is 0 Å². The number of carbonyl (C=O) groups is 1. The molecule has 9 heavy (non-hydrogen) atoms. The molecule has 0 aliphatic heterocycles. The van der Waals surface area contributed by atoms with Crippen molar-refractivity contribution < 1.29 is 9.53 Å². The zero-order valence-corrected chi connectivity index (χ0v) is 6.44. The fourth-order valence-electron chi connectivity index (χ4n) is 0.363. The summed E-state index contributed by atoms with van der Waals surface area (Å²) in [4.78, 5) is 10.7. The first-order chi connectivity index (χ1) is 4.22. The molecule has 0 saturated carbocycles. The first kappa shape index (κ1) is 8.76. The maximum absolute atomic E-state index is 10.7. The van der Waals surface area contributed by atoms with Crippen LogP contribution < -0.4 is 0 Å². The van der Waals surface area contributed by atoms with Crippen molar-refractivity contribution in [2.45, 2.75) is 20.3 Å². The predicted octanol–water partition coefficient (Wildman–Crippen LogP) is 1.77. The fourth-order valence-corrected chi connectivity index (χ4v) is 0.470. The Morgan fingerprint density at radius 1 is 1.78 bits per heavy atom. The molecule has 0 aromatic heterocycles. The van der Waals surface area contributed by atoms with Crippen molar-refractivity contribution in [3.63, 3.8) is 0 Å². The average Bonchev–Trinajstić information content (AvgIpc) is 1.87. The topological polar surface area (TPSA) is 26.3 Å². The second-order valence-electron chi connectivity index (χ2n) is 1.88. The molecular weight excluding hydrogens is 140 g/mol. The summed E-state index contributed by atoms with van der Waals surface area (Å²) in [5.41, 5.74) is 0. The molecule has 0 radical (unpaired) electrons. The molecular formula is C6H11ClO2. The van der Waals surface area contributed by atoms with Crippen molar-refractivity contribution in [1.29, 1.82) is 0 Å². The minimum Gasteiger partial charge on any atom is -0.449 e. The summed E-state index contributed by atoms with van der Waals surface area (Å²) in [5, 5.41) is 0. The van der Waals surface area contributed by atoms with Gasteiger partial charge in [-0.25, -0.2) is 0 Å². The predicted molar refractivity (Wildman–Crippen MR) is 36.3 cm³/mol. The van der Waals surface area contributed by atoms with Crippen molar-refractivity contribution in [1.82, 2.24) is 0 Å². The summed E-state index contributed by atoms with van der Waals surface area (Å²) in [7, 11) is 0. The van der Waals surface area contributed by atoms with E-state index in [0.29, 0.717) is 0 Å². The standard InChI is InChI=1S/C6H11ClO2/c1-3-5(2)6(8)9-4-7/h5H,3-4H2,1-2H3/t5-/m1/s1. The minimum atomic E-state index is -0.215. The number of esters is 1. The van der Waals surface area contributed by atoms with Gasteiger partial charge in [0.25, 0.3) is 0 Å². The molecule has 0 unspecified atom stereocenters. The van der Waals surface area contributed by atoms with Crippen LogP contribution in [-0.2, 0) is 9.53 Å². The van der Waals surface area contributed by atoms with E-state index in [-0.39, 0.29) is 18.0 Å². The molecule has 0 heterocycles. The Balaban J connectivity index is 3.46. The highest BCUT2D eigenvalue weighted by atomic mass is 35.5. The summed E-state index contributed by atoms with van der Waals surface area (Å²) in [6.45, 7) is 3.75. The third-order valence-electron chi connectivity index (χ3n) is 1.21. The normalized spacial score (nSPS) is 12.8. The van der Waals surface area contributed by atoms with Gasteiger partial charge >= 0.3 is 5.97 Å². The lowest BCUT2D eigenvalue weighted by atomic mass is 10.1. The van der Waals surface area contributed by atoms with Crippen LogP contribution in [0.15, 0.2) is 0 Å². The Labute approximate surface area is 60.1 Å². The smallest absolute Gasteiger partial charge is 0.309 e. The van der Waals surface area contributed by atoms with Gasteiger partial charge in [0.15, 0.2) is 6.07 Å². The molecule has 1 atom stereocenters. The van der Waals surface area contributed by atoms with Gasteiger partial charge in [-0.2, -0.15) is 0 Å². The van der Waals surface area contributed by atoms with E-state index in [9.17, 15) is 4.79 Å². The van der Waals surface area contributed by atoms with Crippen LogP contribution in [0.25, 0.3) is 0 Å². The van der Waals surface area contributed by atoms with Gasteiger partial charge in [-0.1, -0.05) is 25.4 Å². The number of hydrogen-bond donors (Lipinski definition) is 0. The maximum atomic E-state index is 10.7. The van der Waals surface area contributed by atoms with E-state index < -0.39 is 0 Å². The Bertz CT molecular complexity index is 93.1. The zero-order valence-electron chi connectivity index (χ0n) is 5.69. The molecule has 0 saturated heterocycles. The minimum absolute atomic E-state index is 0.0243. The Morgan fingerprint density at radius 3 is 2.67 bits per heavy atom. The lowest BCUT2D eigenvalue weighted by molar-refractivity contribution is -0.145. The fraction of sp³-hybridized carbons (Fsp3) is 0.833. The number of carbonyl (C=O) groups excluding carboxylic acids is 1. The molecule has 3 heteroatoms. The molecule has 0 fully saturated rings. The van der Waals surface area contributed by atoms with Gasteiger partial charge in [0.1, 0.15) is 0 Å². The first-order valence-corrected chi connectivity index (χ1v) is 3.48. The second-order valence-corrected chi connectivity index (χ2v) is 2.10. The molecule has 0 amide bonds. The molecule has 0 aliphatic rings. The van der Waals surface area contributed by atoms with Crippen molar-refractivity contribution in [2.24, 2.45) is 5.92 Å². The largest absolute Gasteiger partial charge is 0.449 e. The summed E-state index contributed by atoms with van der Waals surface area (Å²) >= 11 is 5.15. The number of rotatable bonds is 3. The summed E-state index contributed by atoms with van der Waals surface area (Å²) < 4.78 is 4.52. The zero-order chi connectivity index (χ0) is 7.28. The van der Waals surface area contributed by atoms with Crippen LogP contribution in [-0.4, -0.2) is 12.0 Å². The lowest BCUT2D eigenvalue weighted by Gasteiger charge is -2.04. The van der Waals surface area contributed by atoms with Crippen molar-refractivity contribution in [2.75, 3.05) is 6.07 Å². The number of alkyl halides is 1. The Hall–Kier alpha value is -0.240. The molecule has 0 spiro atoms. The van der Waals surface area contributed by atoms with Gasteiger partial charge in [-0.05, 0) is 6.42 Å². The quantitative estimate of drug-likeness (QED) is 0.453. The highest BCUT2D eigenvalue weighted by Gasteiger charge is 2.09. The number of halogens is 1. The van der Waals surface area contributed by atoms with Crippen LogP contribution in [0.4, 0.5) is 0 Å². The number of ether oxygens (including phenoxy) is 1. The van der Waals surface area contributed by atoms with Crippen LogP contribution >= 0.6 is 11.6 Å². The van der Waals surface area contributed by atoms with Gasteiger partial charge in [-0.3, -0.25) is 4.79 Å². The number of hydrogen-bond acceptors (Lipinski definition) is 2. The third kappa shape index (κ3) is 3.36. The lowest BCUT2D eigenvalue weighted by Crippen LogP contribution is -2.12. The van der Waals surface area contributed by atoms with Gasteiger partial charge < -0.3 is 4.74 Å². The Morgan fingerprint density at radius 2 is 2.33 bits per heavy atom. The van der Waals surface area contributed by atoms with Crippen LogP contribution in [0.2, 0.25) is 0 Å². The monoisotopic (exact) mass is 150 g/mol. The molecule has 54 valence electrons. The Kier molecular flexibility index (Phi) is 4.50. The molecule has 0 bridgehead atoms. The molecule has 0 rings (SSSR count). The van der Waals surface area contributed by atoms with Crippen molar-refractivity contribution >= 4 is 17.6 Å². The molecule has 0 N–H and O–H groups in total. The van der Waals surface area contributed by atoms with Crippen molar-refractivity contribution in [3.8, 4) is 0 Å².